The van der Waals surface area contributed by atoms with E-state index < -0.39 is 12.0 Å². The third-order valence-electron chi connectivity index (χ3n) is 4.08. The Morgan fingerprint density at radius 1 is 1.15 bits per heavy atom. The molecule has 2 saturated heterocycles. The summed E-state index contributed by atoms with van der Waals surface area (Å²) in [5.74, 6) is -1.04. The van der Waals surface area contributed by atoms with Gasteiger partial charge in [0.25, 0.3) is 0 Å². The summed E-state index contributed by atoms with van der Waals surface area (Å²) in [4.78, 5) is 38.4. The van der Waals surface area contributed by atoms with E-state index in [2.05, 4.69) is 5.32 Å². The minimum atomic E-state index is -0.890. The van der Waals surface area contributed by atoms with Crippen LogP contribution in [0.3, 0.4) is 0 Å². The third kappa shape index (κ3) is 2.86. The Morgan fingerprint density at radius 3 is 2.45 bits per heavy atom. The molecule has 2 rings (SSSR count). The maximum Gasteiger partial charge on any atom is 0.320 e. The fourth-order valence-corrected chi connectivity index (χ4v) is 3.10. The number of carboxylic acid groups (broad SMARTS) is 1. The van der Waals surface area contributed by atoms with Gasteiger partial charge in [0, 0.05) is 26.2 Å². The number of carboxylic acids is 1. The van der Waals surface area contributed by atoms with Crippen molar-refractivity contribution in [1.29, 1.82) is 0 Å². The van der Waals surface area contributed by atoms with Crippen LogP contribution in [0.15, 0.2) is 0 Å². The monoisotopic (exact) mass is 283 g/mol. The van der Waals surface area contributed by atoms with Gasteiger partial charge < -0.3 is 20.2 Å². The van der Waals surface area contributed by atoms with Gasteiger partial charge in [-0.2, -0.15) is 0 Å². The van der Waals surface area contributed by atoms with Gasteiger partial charge in [-0.05, 0) is 25.7 Å². The average Bonchev–Trinajstić information content (AvgIpc) is 3.04. The second kappa shape index (κ2) is 6.11. The van der Waals surface area contributed by atoms with E-state index in [1.54, 1.807) is 16.8 Å². The number of hydrogen-bond donors (Lipinski definition) is 2. The zero-order chi connectivity index (χ0) is 14.7. The van der Waals surface area contributed by atoms with Gasteiger partial charge in [-0.1, -0.05) is 0 Å². The van der Waals surface area contributed by atoms with Crippen molar-refractivity contribution in [3.63, 3.8) is 0 Å². The lowest BCUT2D eigenvalue weighted by molar-refractivity contribution is -0.138. The van der Waals surface area contributed by atoms with Crippen LogP contribution in [0.4, 0.5) is 4.79 Å². The molecule has 20 heavy (non-hydrogen) atoms. The predicted molar refractivity (Wildman–Crippen MR) is 71.2 cm³/mol. The van der Waals surface area contributed by atoms with E-state index in [0.29, 0.717) is 19.5 Å². The van der Waals surface area contributed by atoms with E-state index in [4.69, 9.17) is 5.11 Å². The topological polar surface area (TPSA) is 90.0 Å². The summed E-state index contributed by atoms with van der Waals surface area (Å²) < 4.78 is 0. The van der Waals surface area contributed by atoms with Crippen LogP contribution in [0.25, 0.3) is 0 Å². The van der Waals surface area contributed by atoms with Crippen molar-refractivity contribution in [3.8, 4) is 0 Å². The molecule has 0 aliphatic carbocycles. The largest absolute Gasteiger partial charge is 0.481 e. The zero-order valence-corrected chi connectivity index (χ0v) is 11.7. The normalized spacial score (nSPS) is 25.9. The van der Waals surface area contributed by atoms with Crippen molar-refractivity contribution in [2.24, 2.45) is 0 Å². The van der Waals surface area contributed by atoms with Gasteiger partial charge in [-0.25, -0.2) is 4.79 Å². The minimum Gasteiger partial charge on any atom is -0.481 e. The van der Waals surface area contributed by atoms with E-state index in [1.807, 2.05) is 0 Å². The molecule has 0 bridgehead atoms. The van der Waals surface area contributed by atoms with Crippen molar-refractivity contribution >= 4 is 17.9 Å². The van der Waals surface area contributed by atoms with Gasteiger partial charge in [-0.15, -0.1) is 0 Å². The van der Waals surface area contributed by atoms with E-state index in [9.17, 15) is 14.4 Å². The Bertz CT molecular complexity index is 412. The summed E-state index contributed by atoms with van der Waals surface area (Å²) in [7, 11) is 1.56. The van der Waals surface area contributed by atoms with Crippen LogP contribution in [-0.4, -0.2) is 65.0 Å². The first kappa shape index (κ1) is 14.6. The standard InChI is InChI=1S/C13H21N3O4/c1-14-12(19)10-5-3-7-16(10)13(20)15-6-2-4-9(15)8-11(17)18/h9-10H,2-8H2,1H3,(H,14,19)(H,17,18). The number of amides is 3. The highest BCUT2D eigenvalue weighted by Crippen LogP contribution is 2.25. The number of carbonyl (C=O) groups excluding carboxylic acids is 2. The van der Waals surface area contributed by atoms with Crippen molar-refractivity contribution in [2.45, 2.75) is 44.2 Å². The highest BCUT2D eigenvalue weighted by atomic mass is 16.4. The summed E-state index contributed by atoms with van der Waals surface area (Å²) in [6.45, 7) is 1.14. The molecule has 0 aromatic rings. The van der Waals surface area contributed by atoms with Crippen LogP contribution >= 0.6 is 0 Å². The number of urea groups is 1. The molecule has 2 aliphatic rings. The molecule has 2 aliphatic heterocycles. The molecule has 3 amide bonds. The summed E-state index contributed by atoms with van der Waals surface area (Å²) in [5.41, 5.74) is 0. The lowest BCUT2D eigenvalue weighted by atomic mass is 10.1. The highest BCUT2D eigenvalue weighted by molar-refractivity contribution is 5.87. The van der Waals surface area contributed by atoms with Gasteiger partial charge in [0.15, 0.2) is 0 Å². The molecule has 0 saturated carbocycles. The van der Waals surface area contributed by atoms with E-state index >= 15 is 0 Å². The lowest BCUT2D eigenvalue weighted by Crippen LogP contribution is -2.51. The van der Waals surface area contributed by atoms with E-state index in [-0.39, 0.29) is 24.4 Å². The molecule has 112 valence electrons. The molecule has 0 spiro atoms. The average molecular weight is 283 g/mol. The Morgan fingerprint density at radius 2 is 1.80 bits per heavy atom. The fraction of sp³-hybridized carbons (Fsp3) is 0.769. The lowest BCUT2D eigenvalue weighted by Gasteiger charge is -2.31. The fourth-order valence-electron chi connectivity index (χ4n) is 3.10. The first-order valence-corrected chi connectivity index (χ1v) is 7.05. The van der Waals surface area contributed by atoms with Crippen molar-refractivity contribution in [3.05, 3.63) is 0 Å². The number of nitrogens with one attached hydrogen (secondary N) is 1. The van der Waals surface area contributed by atoms with Crippen molar-refractivity contribution < 1.29 is 19.5 Å². The summed E-state index contributed by atoms with van der Waals surface area (Å²) >= 11 is 0. The number of rotatable bonds is 3. The van der Waals surface area contributed by atoms with Crippen LogP contribution in [0, 0.1) is 0 Å². The van der Waals surface area contributed by atoms with Gasteiger partial charge in [0.2, 0.25) is 5.91 Å². The molecule has 2 unspecified atom stereocenters. The van der Waals surface area contributed by atoms with Crippen LogP contribution < -0.4 is 5.32 Å². The van der Waals surface area contributed by atoms with E-state index in [0.717, 1.165) is 19.3 Å². The summed E-state index contributed by atoms with van der Waals surface area (Å²) in [5, 5.41) is 11.5. The number of hydrogen-bond acceptors (Lipinski definition) is 3. The Hall–Kier alpha value is -1.79. The molecule has 0 aromatic heterocycles. The molecule has 0 aromatic carbocycles. The van der Waals surface area contributed by atoms with Crippen molar-refractivity contribution in [1.82, 2.24) is 15.1 Å². The van der Waals surface area contributed by atoms with Gasteiger partial charge >= 0.3 is 12.0 Å². The van der Waals surface area contributed by atoms with Crippen LogP contribution in [0.1, 0.15) is 32.1 Å². The number of carbonyl (C=O) groups is 3. The summed E-state index contributed by atoms with van der Waals surface area (Å²) in [6.07, 6.45) is 2.99. The molecular formula is C13H21N3O4. The number of likely N-dealkylation sites (N-methyl/N-ethyl adjacent to an activating group) is 1. The Kier molecular flexibility index (Phi) is 4.46. The van der Waals surface area contributed by atoms with Gasteiger partial charge in [-0.3, -0.25) is 9.59 Å². The predicted octanol–water partition coefficient (Wildman–Crippen LogP) is 0.256. The Labute approximate surface area is 117 Å². The molecule has 2 fully saturated rings. The number of nitrogens with zero attached hydrogens (tertiary/aromatic N) is 2. The molecule has 7 nitrogen and oxygen atoms in total. The first-order valence-electron chi connectivity index (χ1n) is 7.05. The van der Waals surface area contributed by atoms with E-state index in [1.165, 1.54) is 0 Å². The molecule has 2 N–H and O–H groups in total. The maximum atomic E-state index is 12.5. The number of likely N-dealkylation sites (tertiary alicyclic amines) is 2. The Balaban J connectivity index is 2.05. The third-order valence-corrected chi connectivity index (χ3v) is 4.08. The zero-order valence-electron chi connectivity index (χ0n) is 11.7. The van der Waals surface area contributed by atoms with Crippen LogP contribution in [-0.2, 0) is 9.59 Å². The highest BCUT2D eigenvalue weighted by Gasteiger charge is 2.39. The number of aliphatic carboxylic acids is 1. The maximum absolute atomic E-state index is 12.5. The first-order chi connectivity index (χ1) is 9.54. The second-order valence-electron chi connectivity index (χ2n) is 5.34. The van der Waals surface area contributed by atoms with Crippen LogP contribution in [0.2, 0.25) is 0 Å². The molecule has 2 atom stereocenters. The van der Waals surface area contributed by atoms with Gasteiger partial charge in [0.05, 0.1) is 6.42 Å². The summed E-state index contributed by atoms with van der Waals surface area (Å²) in [6, 6.07) is -0.857. The molecular weight excluding hydrogens is 262 g/mol. The molecule has 2 heterocycles. The minimum absolute atomic E-state index is 0.0236. The molecule has 7 heteroatoms. The quantitative estimate of drug-likeness (QED) is 0.777. The van der Waals surface area contributed by atoms with Gasteiger partial charge in [0.1, 0.15) is 6.04 Å². The smallest absolute Gasteiger partial charge is 0.320 e. The van der Waals surface area contributed by atoms with Crippen molar-refractivity contribution in [2.75, 3.05) is 20.1 Å². The second-order valence-corrected chi connectivity index (χ2v) is 5.34. The SMILES string of the molecule is CNC(=O)C1CCCN1C(=O)N1CCCC1CC(=O)O. The molecule has 0 radical (unpaired) electrons. The van der Waals surface area contributed by atoms with Crippen LogP contribution in [0.5, 0.6) is 0 Å².